The van der Waals surface area contributed by atoms with Gasteiger partial charge >= 0.3 is 5.97 Å². The van der Waals surface area contributed by atoms with Crippen LogP contribution in [0.15, 0.2) is 65.1 Å². The maximum absolute atomic E-state index is 10.9. The highest BCUT2D eigenvalue weighted by Crippen LogP contribution is 2.31. The average Bonchev–Trinajstić information content (AvgIpc) is 3.21. The van der Waals surface area contributed by atoms with Crippen molar-refractivity contribution in [3.63, 3.8) is 0 Å². The number of hydrogen-bond donors (Lipinski definition) is 2. The molecule has 5 heteroatoms. The lowest BCUT2D eigenvalue weighted by atomic mass is 10.1. The molecule has 2 aromatic heterocycles. The summed E-state index contributed by atoms with van der Waals surface area (Å²) in [5.74, 6) is -0.213. The number of nitrogens with one attached hydrogen (secondary N) is 1. The lowest BCUT2D eigenvalue weighted by Gasteiger charge is -1.99. The predicted octanol–water partition coefficient (Wildman–Crippen LogP) is 5.45. The van der Waals surface area contributed by atoms with Crippen molar-refractivity contribution in [2.45, 2.75) is 0 Å². The molecule has 2 N–H and O–H groups in total. The number of aromatic nitrogens is 1. The fourth-order valence-corrected chi connectivity index (χ4v) is 2.83. The Hall–Kier alpha value is -2.98. The summed E-state index contributed by atoms with van der Waals surface area (Å²) in [7, 11) is 0. The van der Waals surface area contributed by atoms with Crippen LogP contribution in [-0.4, -0.2) is 16.1 Å². The molecule has 0 spiro atoms. The van der Waals surface area contributed by atoms with Crippen molar-refractivity contribution in [2.24, 2.45) is 0 Å². The quantitative estimate of drug-likeness (QED) is 0.522. The van der Waals surface area contributed by atoms with Crippen LogP contribution in [0, 0.1) is 0 Å². The Balaban J connectivity index is 1.69. The summed E-state index contributed by atoms with van der Waals surface area (Å²) in [6.45, 7) is 0. The van der Waals surface area contributed by atoms with E-state index in [1.807, 2.05) is 30.3 Å². The van der Waals surface area contributed by atoms with E-state index in [0.717, 1.165) is 33.7 Å². The zero-order valence-corrected chi connectivity index (χ0v) is 13.2. The molecule has 2 aromatic carbocycles. The van der Waals surface area contributed by atoms with Gasteiger partial charge in [-0.3, -0.25) is 0 Å². The summed E-state index contributed by atoms with van der Waals surface area (Å²) in [5, 5.41) is 10.6. The Morgan fingerprint density at radius 2 is 1.71 bits per heavy atom. The number of carbonyl (C=O) groups is 1. The fourth-order valence-electron chi connectivity index (χ4n) is 2.65. The van der Waals surface area contributed by atoms with Crippen LogP contribution in [-0.2, 0) is 0 Å². The first kappa shape index (κ1) is 14.6. The lowest BCUT2D eigenvalue weighted by molar-refractivity contribution is 0.0697. The Labute approximate surface area is 142 Å². The molecule has 0 unspecified atom stereocenters. The van der Waals surface area contributed by atoms with E-state index in [0.29, 0.717) is 5.02 Å². The second kappa shape index (κ2) is 5.58. The lowest BCUT2D eigenvalue weighted by Crippen LogP contribution is -1.94. The third-order valence-corrected chi connectivity index (χ3v) is 4.11. The molecule has 0 bridgehead atoms. The van der Waals surface area contributed by atoms with Crippen LogP contribution in [0.5, 0.6) is 0 Å². The van der Waals surface area contributed by atoms with E-state index in [2.05, 4.69) is 4.98 Å². The zero-order valence-electron chi connectivity index (χ0n) is 12.4. The minimum absolute atomic E-state index is 0.264. The van der Waals surface area contributed by atoms with Crippen LogP contribution in [0.1, 0.15) is 10.4 Å². The molecule has 0 fully saturated rings. The van der Waals surface area contributed by atoms with Crippen LogP contribution in [0.25, 0.3) is 33.7 Å². The fraction of sp³-hybridized carbons (Fsp3) is 0. The second-order valence-electron chi connectivity index (χ2n) is 5.46. The number of hydrogen-bond acceptors (Lipinski definition) is 2. The summed E-state index contributed by atoms with van der Waals surface area (Å²) in [6, 6.07) is 18.0. The SMILES string of the molecule is O=C(O)c1ccc(-c2ccc(-c3cc4cc(Cl)ccc4o3)[nH]2)cc1. The molecule has 118 valence electrons. The standard InChI is InChI=1S/C19H12ClNO3/c20-14-5-8-17-13(9-14)10-18(24-17)16-7-6-15(21-16)11-1-3-12(4-2-11)19(22)23/h1-10,21H,(H,22,23). The minimum Gasteiger partial charge on any atom is -0.478 e. The van der Waals surface area contributed by atoms with Crippen LogP contribution in [0.4, 0.5) is 0 Å². The summed E-state index contributed by atoms with van der Waals surface area (Å²) in [5.41, 5.74) is 3.68. The van der Waals surface area contributed by atoms with Crippen molar-refractivity contribution < 1.29 is 14.3 Å². The van der Waals surface area contributed by atoms with E-state index in [9.17, 15) is 4.79 Å². The van der Waals surface area contributed by atoms with Gasteiger partial charge in [0.2, 0.25) is 0 Å². The van der Waals surface area contributed by atoms with E-state index >= 15 is 0 Å². The van der Waals surface area contributed by atoms with Crippen molar-refractivity contribution in [1.29, 1.82) is 0 Å². The number of fused-ring (bicyclic) bond motifs is 1. The van der Waals surface area contributed by atoms with Gasteiger partial charge < -0.3 is 14.5 Å². The number of benzene rings is 2. The largest absolute Gasteiger partial charge is 0.478 e. The molecule has 4 nitrogen and oxygen atoms in total. The maximum Gasteiger partial charge on any atom is 0.335 e. The van der Waals surface area contributed by atoms with Crippen molar-refractivity contribution in [3.05, 3.63) is 71.2 Å². The smallest absolute Gasteiger partial charge is 0.335 e. The Morgan fingerprint density at radius 3 is 2.46 bits per heavy atom. The van der Waals surface area contributed by atoms with Gasteiger partial charge in [-0.1, -0.05) is 23.7 Å². The van der Waals surface area contributed by atoms with Crippen molar-refractivity contribution in [1.82, 2.24) is 4.98 Å². The van der Waals surface area contributed by atoms with E-state index in [1.54, 1.807) is 30.3 Å². The van der Waals surface area contributed by atoms with Gasteiger partial charge in [0.05, 0.1) is 11.3 Å². The number of aromatic amines is 1. The highest BCUT2D eigenvalue weighted by atomic mass is 35.5. The zero-order chi connectivity index (χ0) is 16.7. The molecule has 0 atom stereocenters. The maximum atomic E-state index is 10.9. The highest BCUT2D eigenvalue weighted by Gasteiger charge is 2.10. The predicted molar refractivity (Wildman–Crippen MR) is 93.4 cm³/mol. The van der Waals surface area contributed by atoms with Gasteiger partial charge in [-0.15, -0.1) is 0 Å². The molecular formula is C19H12ClNO3. The number of halogens is 1. The van der Waals surface area contributed by atoms with Gasteiger partial charge in [0, 0.05) is 16.1 Å². The first-order chi connectivity index (χ1) is 11.6. The Kier molecular flexibility index (Phi) is 3.40. The highest BCUT2D eigenvalue weighted by molar-refractivity contribution is 6.31. The van der Waals surface area contributed by atoms with Gasteiger partial charge in [0.1, 0.15) is 5.58 Å². The summed E-state index contributed by atoms with van der Waals surface area (Å²) in [6.07, 6.45) is 0. The monoisotopic (exact) mass is 337 g/mol. The van der Waals surface area contributed by atoms with Crippen LogP contribution in [0.3, 0.4) is 0 Å². The van der Waals surface area contributed by atoms with Crippen molar-refractivity contribution in [3.8, 4) is 22.7 Å². The molecule has 0 aliphatic rings. The molecule has 0 amide bonds. The van der Waals surface area contributed by atoms with E-state index in [4.69, 9.17) is 21.1 Å². The number of rotatable bonds is 3. The van der Waals surface area contributed by atoms with Gasteiger partial charge in [0.15, 0.2) is 5.76 Å². The van der Waals surface area contributed by atoms with Crippen LogP contribution < -0.4 is 0 Å². The molecule has 0 saturated heterocycles. The van der Waals surface area contributed by atoms with Crippen LogP contribution >= 0.6 is 11.6 Å². The average molecular weight is 338 g/mol. The first-order valence-corrected chi connectivity index (χ1v) is 7.70. The number of aromatic carboxylic acids is 1. The summed E-state index contributed by atoms with van der Waals surface area (Å²) >= 11 is 6.00. The number of carboxylic acid groups (broad SMARTS) is 1. The Bertz CT molecular complexity index is 1040. The Morgan fingerprint density at radius 1 is 0.958 bits per heavy atom. The van der Waals surface area contributed by atoms with Gasteiger partial charge in [-0.25, -0.2) is 4.79 Å². The van der Waals surface area contributed by atoms with E-state index < -0.39 is 5.97 Å². The first-order valence-electron chi connectivity index (χ1n) is 7.32. The molecule has 0 radical (unpaired) electrons. The summed E-state index contributed by atoms with van der Waals surface area (Å²) in [4.78, 5) is 14.2. The van der Waals surface area contributed by atoms with Gasteiger partial charge in [-0.2, -0.15) is 0 Å². The molecule has 4 rings (SSSR count). The normalized spacial score (nSPS) is 11.0. The van der Waals surface area contributed by atoms with Gasteiger partial charge in [0.25, 0.3) is 0 Å². The number of furan rings is 1. The summed E-state index contributed by atoms with van der Waals surface area (Å²) < 4.78 is 5.84. The van der Waals surface area contributed by atoms with E-state index in [1.165, 1.54) is 0 Å². The topological polar surface area (TPSA) is 66.2 Å². The molecule has 24 heavy (non-hydrogen) atoms. The van der Waals surface area contributed by atoms with E-state index in [-0.39, 0.29) is 5.56 Å². The van der Waals surface area contributed by atoms with Crippen molar-refractivity contribution >= 4 is 28.5 Å². The second-order valence-corrected chi connectivity index (χ2v) is 5.90. The minimum atomic E-state index is -0.935. The molecule has 4 aromatic rings. The van der Waals surface area contributed by atoms with Crippen LogP contribution in [0.2, 0.25) is 5.02 Å². The third kappa shape index (κ3) is 2.57. The van der Waals surface area contributed by atoms with Crippen molar-refractivity contribution in [2.75, 3.05) is 0 Å². The molecule has 2 heterocycles. The number of H-pyrrole nitrogens is 1. The molecular weight excluding hydrogens is 326 g/mol. The molecule has 0 aliphatic heterocycles. The molecule has 0 saturated carbocycles. The number of carboxylic acids is 1. The molecule has 0 aliphatic carbocycles. The third-order valence-electron chi connectivity index (χ3n) is 3.87. The van der Waals surface area contributed by atoms with Gasteiger partial charge in [-0.05, 0) is 54.1 Å².